The quantitative estimate of drug-likeness (QED) is 0.732. The van der Waals surface area contributed by atoms with Gasteiger partial charge >= 0.3 is 5.97 Å². The van der Waals surface area contributed by atoms with E-state index in [1.807, 2.05) is 6.07 Å². The summed E-state index contributed by atoms with van der Waals surface area (Å²) in [6.45, 7) is 2.34. The molecule has 1 aromatic rings. The first kappa shape index (κ1) is 13.0. The topological polar surface area (TPSA) is 86.0 Å². The molecule has 1 atom stereocenters. The molecular formula is C12H15N3O2. The van der Waals surface area contributed by atoms with Crippen molar-refractivity contribution in [1.82, 2.24) is 4.98 Å². The molecule has 1 rings (SSSR count). The Bertz CT molecular complexity index is 426. The summed E-state index contributed by atoms with van der Waals surface area (Å²) in [5, 5.41) is 20.5. The molecule has 0 radical (unpaired) electrons. The van der Waals surface area contributed by atoms with E-state index >= 15 is 0 Å². The summed E-state index contributed by atoms with van der Waals surface area (Å²) >= 11 is 0. The van der Waals surface area contributed by atoms with Gasteiger partial charge in [-0.3, -0.25) is 4.79 Å². The average Bonchev–Trinajstić information content (AvgIpc) is 2.34. The molecule has 1 unspecified atom stereocenters. The van der Waals surface area contributed by atoms with E-state index in [1.54, 1.807) is 25.3 Å². The lowest BCUT2D eigenvalue weighted by Crippen LogP contribution is -2.12. The van der Waals surface area contributed by atoms with Crippen molar-refractivity contribution in [3.8, 4) is 6.07 Å². The van der Waals surface area contributed by atoms with Gasteiger partial charge < -0.3 is 10.4 Å². The molecule has 5 heteroatoms. The van der Waals surface area contributed by atoms with Gasteiger partial charge in [-0.1, -0.05) is 6.92 Å². The Morgan fingerprint density at radius 2 is 2.47 bits per heavy atom. The molecule has 5 nitrogen and oxygen atoms in total. The van der Waals surface area contributed by atoms with E-state index in [2.05, 4.69) is 10.3 Å². The fraction of sp³-hybridized carbons (Fsp3) is 0.417. The SMILES string of the molecule is CC(CCCNc1cc(C#N)ccn1)C(=O)O. The molecule has 0 aliphatic carbocycles. The number of nitriles is 1. The minimum Gasteiger partial charge on any atom is -0.481 e. The second kappa shape index (κ2) is 6.48. The molecule has 0 spiro atoms. The van der Waals surface area contributed by atoms with Crippen molar-refractivity contribution in [3.05, 3.63) is 23.9 Å². The minimum atomic E-state index is -0.769. The maximum absolute atomic E-state index is 10.6. The second-order valence-electron chi connectivity index (χ2n) is 3.85. The van der Waals surface area contributed by atoms with E-state index in [0.717, 1.165) is 6.42 Å². The van der Waals surface area contributed by atoms with E-state index in [-0.39, 0.29) is 5.92 Å². The molecule has 0 fully saturated rings. The first-order valence-corrected chi connectivity index (χ1v) is 5.46. The van der Waals surface area contributed by atoms with Crippen LogP contribution in [0.15, 0.2) is 18.3 Å². The summed E-state index contributed by atoms with van der Waals surface area (Å²) in [6.07, 6.45) is 2.95. The van der Waals surface area contributed by atoms with Crippen molar-refractivity contribution < 1.29 is 9.90 Å². The summed E-state index contributed by atoms with van der Waals surface area (Å²) in [5.74, 6) is -0.447. The van der Waals surface area contributed by atoms with Crippen LogP contribution in [-0.4, -0.2) is 22.6 Å². The number of anilines is 1. The lowest BCUT2D eigenvalue weighted by Gasteiger charge is -2.07. The van der Waals surface area contributed by atoms with Crippen LogP contribution in [0.1, 0.15) is 25.3 Å². The van der Waals surface area contributed by atoms with Crippen molar-refractivity contribution in [1.29, 1.82) is 5.26 Å². The zero-order valence-corrected chi connectivity index (χ0v) is 9.68. The number of nitrogens with zero attached hydrogens (tertiary/aromatic N) is 2. The zero-order chi connectivity index (χ0) is 12.7. The van der Waals surface area contributed by atoms with Crippen LogP contribution in [0, 0.1) is 17.2 Å². The largest absolute Gasteiger partial charge is 0.481 e. The van der Waals surface area contributed by atoms with Crippen LogP contribution in [0.25, 0.3) is 0 Å². The van der Waals surface area contributed by atoms with Crippen LogP contribution in [0.3, 0.4) is 0 Å². The van der Waals surface area contributed by atoms with Gasteiger partial charge in [0, 0.05) is 12.7 Å². The summed E-state index contributed by atoms with van der Waals surface area (Å²) in [6, 6.07) is 5.34. The van der Waals surface area contributed by atoms with Crippen LogP contribution in [0.4, 0.5) is 5.82 Å². The number of aromatic nitrogens is 1. The summed E-state index contributed by atoms with van der Waals surface area (Å²) < 4.78 is 0. The minimum absolute atomic E-state index is 0.324. The molecule has 0 amide bonds. The van der Waals surface area contributed by atoms with Crippen LogP contribution in [0.2, 0.25) is 0 Å². The van der Waals surface area contributed by atoms with Gasteiger partial charge in [0.2, 0.25) is 0 Å². The zero-order valence-electron chi connectivity index (χ0n) is 9.68. The predicted octanol–water partition coefficient (Wildman–Crippen LogP) is 1.87. The average molecular weight is 233 g/mol. The number of aliphatic carboxylic acids is 1. The molecule has 2 N–H and O–H groups in total. The van der Waals surface area contributed by atoms with Crippen molar-refractivity contribution in [2.45, 2.75) is 19.8 Å². The number of hydrogen-bond acceptors (Lipinski definition) is 4. The fourth-order valence-corrected chi connectivity index (χ4v) is 1.34. The van der Waals surface area contributed by atoms with Gasteiger partial charge in [0.25, 0.3) is 0 Å². The van der Waals surface area contributed by atoms with E-state index in [9.17, 15) is 4.79 Å². The highest BCUT2D eigenvalue weighted by Crippen LogP contribution is 2.08. The van der Waals surface area contributed by atoms with Gasteiger partial charge in [-0.15, -0.1) is 0 Å². The molecule has 1 aromatic heterocycles. The van der Waals surface area contributed by atoms with Crippen molar-refractivity contribution in [3.63, 3.8) is 0 Å². The van der Waals surface area contributed by atoms with Gasteiger partial charge in [-0.25, -0.2) is 4.98 Å². The number of hydrogen-bond donors (Lipinski definition) is 2. The Morgan fingerprint density at radius 1 is 1.71 bits per heavy atom. The van der Waals surface area contributed by atoms with Crippen molar-refractivity contribution in [2.75, 3.05) is 11.9 Å². The summed E-state index contributed by atoms with van der Waals surface area (Å²) in [5.41, 5.74) is 0.557. The Balaban J connectivity index is 2.31. The van der Waals surface area contributed by atoms with Gasteiger partial charge in [0.15, 0.2) is 0 Å². The molecule has 90 valence electrons. The smallest absolute Gasteiger partial charge is 0.306 e. The molecular weight excluding hydrogens is 218 g/mol. The van der Waals surface area contributed by atoms with E-state index in [0.29, 0.717) is 24.3 Å². The van der Waals surface area contributed by atoms with Crippen LogP contribution in [0.5, 0.6) is 0 Å². The summed E-state index contributed by atoms with van der Waals surface area (Å²) in [7, 11) is 0. The van der Waals surface area contributed by atoms with Crippen LogP contribution >= 0.6 is 0 Å². The van der Waals surface area contributed by atoms with Crippen molar-refractivity contribution >= 4 is 11.8 Å². The Kier molecular flexibility index (Phi) is 4.95. The highest BCUT2D eigenvalue weighted by molar-refractivity contribution is 5.69. The summed E-state index contributed by atoms with van der Waals surface area (Å²) in [4.78, 5) is 14.6. The monoisotopic (exact) mass is 233 g/mol. The molecule has 0 saturated carbocycles. The van der Waals surface area contributed by atoms with Gasteiger partial charge in [-0.2, -0.15) is 5.26 Å². The van der Waals surface area contributed by atoms with E-state index in [1.165, 1.54) is 0 Å². The third-order valence-corrected chi connectivity index (χ3v) is 2.43. The van der Waals surface area contributed by atoms with Gasteiger partial charge in [-0.05, 0) is 25.0 Å². The number of carbonyl (C=O) groups is 1. The Hall–Kier alpha value is -2.09. The van der Waals surface area contributed by atoms with E-state index < -0.39 is 5.97 Å². The first-order chi connectivity index (χ1) is 8.13. The molecule has 0 saturated heterocycles. The predicted molar refractivity (Wildman–Crippen MR) is 63.5 cm³/mol. The first-order valence-electron chi connectivity index (χ1n) is 5.46. The van der Waals surface area contributed by atoms with Crippen LogP contribution < -0.4 is 5.32 Å². The number of nitrogens with one attached hydrogen (secondary N) is 1. The normalized spacial score (nSPS) is 11.5. The molecule has 0 aromatic carbocycles. The standard InChI is InChI=1S/C12H15N3O2/c1-9(12(16)17)3-2-5-14-11-7-10(8-13)4-6-15-11/h4,6-7,9H,2-3,5H2,1H3,(H,14,15)(H,16,17). The third-order valence-electron chi connectivity index (χ3n) is 2.43. The van der Waals surface area contributed by atoms with Gasteiger partial charge in [0.1, 0.15) is 5.82 Å². The fourth-order valence-electron chi connectivity index (χ4n) is 1.34. The molecule has 0 aliphatic rings. The number of rotatable bonds is 6. The molecule has 1 heterocycles. The Labute approximate surface area is 100 Å². The van der Waals surface area contributed by atoms with Crippen molar-refractivity contribution in [2.24, 2.45) is 5.92 Å². The molecule has 17 heavy (non-hydrogen) atoms. The van der Waals surface area contributed by atoms with Gasteiger partial charge in [0.05, 0.1) is 17.6 Å². The second-order valence-corrected chi connectivity index (χ2v) is 3.85. The third kappa shape index (κ3) is 4.51. The van der Waals surface area contributed by atoms with E-state index in [4.69, 9.17) is 10.4 Å². The maximum atomic E-state index is 10.6. The number of carboxylic acids is 1. The highest BCUT2D eigenvalue weighted by atomic mass is 16.4. The molecule has 0 aliphatic heterocycles. The van der Waals surface area contributed by atoms with Crippen LogP contribution in [-0.2, 0) is 4.79 Å². The lowest BCUT2D eigenvalue weighted by molar-refractivity contribution is -0.141. The number of pyridine rings is 1. The maximum Gasteiger partial charge on any atom is 0.306 e. The highest BCUT2D eigenvalue weighted by Gasteiger charge is 2.09. The lowest BCUT2D eigenvalue weighted by atomic mass is 10.1. The molecule has 0 bridgehead atoms. The number of carboxylic acid groups (broad SMARTS) is 1. The Morgan fingerprint density at radius 3 is 3.12 bits per heavy atom.